The molecule has 5 heteroatoms. The Bertz CT molecular complexity index is 732. The van der Waals surface area contributed by atoms with Gasteiger partial charge in [-0.1, -0.05) is 12.8 Å². The summed E-state index contributed by atoms with van der Waals surface area (Å²) in [6.07, 6.45) is 4.45. The van der Waals surface area contributed by atoms with Gasteiger partial charge in [0.05, 0.1) is 0 Å². The lowest BCUT2D eigenvalue weighted by Crippen LogP contribution is -2.36. The van der Waals surface area contributed by atoms with Crippen LogP contribution in [0.15, 0.2) is 33.5 Å². The standard InChI is InChI=1S/C19H25NO4/c1-14-10-19(22)24-18-11-16(6-7-17(14)18)23-13-15(21)12-20-8-4-2-3-5-9-20/h6-7,10-11,15,21H,2-5,8-9,12-13H2,1H3/t15-/m1/s1. The van der Waals surface area contributed by atoms with Crippen LogP contribution in [0.2, 0.25) is 0 Å². The molecular formula is C19H25NO4. The number of benzene rings is 1. The van der Waals surface area contributed by atoms with Crippen LogP contribution in [-0.2, 0) is 0 Å². The number of rotatable bonds is 5. The zero-order chi connectivity index (χ0) is 16.9. The molecule has 5 nitrogen and oxygen atoms in total. The molecule has 1 aliphatic heterocycles. The molecule has 0 saturated carbocycles. The van der Waals surface area contributed by atoms with Crippen LogP contribution in [0.1, 0.15) is 31.2 Å². The monoisotopic (exact) mass is 331 g/mol. The Balaban J connectivity index is 1.59. The third-order valence-corrected chi connectivity index (χ3v) is 4.53. The van der Waals surface area contributed by atoms with E-state index in [0.29, 0.717) is 17.9 Å². The number of hydrogen-bond acceptors (Lipinski definition) is 5. The van der Waals surface area contributed by atoms with Crippen LogP contribution in [0.4, 0.5) is 0 Å². The maximum Gasteiger partial charge on any atom is 0.336 e. The van der Waals surface area contributed by atoms with Crippen molar-refractivity contribution in [2.45, 2.75) is 38.7 Å². The van der Waals surface area contributed by atoms with Crippen LogP contribution in [0.3, 0.4) is 0 Å². The summed E-state index contributed by atoms with van der Waals surface area (Å²) in [5.41, 5.74) is 1.03. The van der Waals surface area contributed by atoms with Gasteiger partial charge in [-0.3, -0.25) is 0 Å². The molecule has 24 heavy (non-hydrogen) atoms. The van der Waals surface area contributed by atoms with E-state index < -0.39 is 6.10 Å². The lowest BCUT2D eigenvalue weighted by atomic mass is 10.1. The molecular weight excluding hydrogens is 306 g/mol. The molecule has 3 rings (SSSR count). The molecule has 130 valence electrons. The van der Waals surface area contributed by atoms with Gasteiger partial charge in [-0.25, -0.2) is 4.79 Å². The first-order chi connectivity index (χ1) is 11.6. The predicted molar refractivity (Wildman–Crippen MR) is 93.6 cm³/mol. The van der Waals surface area contributed by atoms with E-state index in [1.54, 1.807) is 6.07 Å². The van der Waals surface area contributed by atoms with Crippen LogP contribution < -0.4 is 10.4 Å². The van der Waals surface area contributed by atoms with Gasteiger partial charge in [0.15, 0.2) is 0 Å². The summed E-state index contributed by atoms with van der Waals surface area (Å²) < 4.78 is 10.9. The van der Waals surface area contributed by atoms with Crippen molar-refractivity contribution in [1.82, 2.24) is 4.90 Å². The molecule has 1 fully saturated rings. The van der Waals surface area contributed by atoms with Crippen molar-refractivity contribution in [3.8, 4) is 5.75 Å². The normalized spacial score (nSPS) is 17.6. The van der Waals surface area contributed by atoms with Gasteiger partial charge in [0, 0.05) is 24.1 Å². The molecule has 1 atom stereocenters. The highest BCUT2D eigenvalue weighted by Gasteiger charge is 2.14. The average molecular weight is 331 g/mol. The van der Waals surface area contributed by atoms with E-state index in [0.717, 1.165) is 24.0 Å². The summed E-state index contributed by atoms with van der Waals surface area (Å²) in [4.78, 5) is 13.8. The van der Waals surface area contributed by atoms with Gasteiger partial charge in [0.25, 0.3) is 0 Å². The van der Waals surface area contributed by atoms with Crippen LogP contribution >= 0.6 is 0 Å². The Morgan fingerprint density at radius 3 is 2.71 bits per heavy atom. The first kappa shape index (κ1) is 17.0. The van der Waals surface area contributed by atoms with E-state index in [4.69, 9.17) is 9.15 Å². The summed E-state index contributed by atoms with van der Waals surface area (Å²) in [6, 6.07) is 6.91. The topological polar surface area (TPSA) is 62.9 Å². The molecule has 0 amide bonds. The quantitative estimate of drug-likeness (QED) is 0.854. The molecule has 1 saturated heterocycles. The van der Waals surface area contributed by atoms with E-state index in [9.17, 15) is 9.90 Å². The number of likely N-dealkylation sites (tertiary alicyclic amines) is 1. The highest BCUT2D eigenvalue weighted by molar-refractivity contribution is 5.81. The van der Waals surface area contributed by atoms with Gasteiger partial charge in [-0.05, 0) is 50.6 Å². The number of nitrogens with zero attached hydrogens (tertiary/aromatic N) is 1. The van der Waals surface area contributed by atoms with Crippen molar-refractivity contribution in [2.75, 3.05) is 26.2 Å². The van der Waals surface area contributed by atoms with E-state index in [2.05, 4.69) is 4.90 Å². The minimum atomic E-state index is -0.525. The van der Waals surface area contributed by atoms with Crippen molar-refractivity contribution in [3.63, 3.8) is 0 Å². The fourth-order valence-electron chi connectivity index (χ4n) is 3.26. The van der Waals surface area contributed by atoms with Crippen molar-refractivity contribution >= 4 is 11.0 Å². The molecule has 1 aliphatic rings. The minimum absolute atomic E-state index is 0.234. The number of aryl methyl sites for hydroxylation is 1. The zero-order valence-corrected chi connectivity index (χ0v) is 14.2. The number of β-amino-alcohol motifs (C(OH)–C–C–N with tert-alkyl or cyclic N) is 1. The number of hydrogen-bond donors (Lipinski definition) is 1. The van der Waals surface area contributed by atoms with Crippen molar-refractivity contribution in [2.24, 2.45) is 0 Å². The molecule has 1 aromatic heterocycles. The van der Waals surface area contributed by atoms with Gasteiger partial charge >= 0.3 is 5.63 Å². The maximum atomic E-state index is 11.5. The SMILES string of the molecule is Cc1cc(=O)oc2cc(OC[C@H](O)CN3CCCCCC3)ccc12. The number of ether oxygens (including phenoxy) is 1. The van der Waals surface area contributed by atoms with Crippen LogP contribution in [0, 0.1) is 6.92 Å². The van der Waals surface area contributed by atoms with Crippen LogP contribution in [-0.4, -0.2) is 42.4 Å². The van der Waals surface area contributed by atoms with Gasteiger partial charge in [-0.2, -0.15) is 0 Å². The Labute approximate surface area is 141 Å². The van der Waals surface area contributed by atoms with Gasteiger partial charge in [-0.15, -0.1) is 0 Å². The first-order valence-corrected chi connectivity index (χ1v) is 8.69. The van der Waals surface area contributed by atoms with E-state index in [-0.39, 0.29) is 12.2 Å². The zero-order valence-electron chi connectivity index (χ0n) is 14.2. The summed E-state index contributed by atoms with van der Waals surface area (Å²) in [6.45, 7) is 4.86. The maximum absolute atomic E-state index is 11.5. The van der Waals surface area contributed by atoms with Gasteiger partial charge in [0.1, 0.15) is 24.0 Å². The van der Waals surface area contributed by atoms with E-state index >= 15 is 0 Å². The Hall–Kier alpha value is -1.85. The first-order valence-electron chi connectivity index (χ1n) is 8.69. The smallest absolute Gasteiger partial charge is 0.336 e. The average Bonchev–Trinajstić information content (AvgIpc) is 2.81. The molecule has 0 bridgehead atoms. The van der Waals surface area contributed by atoms with E-state index in [1.165, 1.54) is 31.7 Å². The molecule has 1 N–H and O–H groups in total. The summed E-state index contributed by atoms with van der Waals surface area (Å²) in [7, 11) is 0. The highest BCUT2D eigenvalue weighted by atomic mass is 16.5. The molecule has 0 spiro atoms. The lowest BCUT2D eigenvalue weighted by molar-refractivity contribution is 0.0694. The van der Waals surface area contributed by atoms with Crippen molar-refractivity contribution < 1.29 is 14.3 Å². The van der Waals surface area contributed by atoms with Crippen LogP contribution in [0.25, 0.3) is 11.0 Å². The second-order valence-electron chi connectivity index (χ2n) is 6.59. The Morgan fingerprint density at radius 2 is 1.96 bits per heavy atom. The molecule has 2 heterocycles. The third kappa shape index (κ3) is 4.36. The molecule has 2 aromatic rings. The highest BCUT2D eigenvalue weighted by Crippen LogP contribution is 2.22. The second kappa shape index (κ2) is 7.81. The summed E-state index contributed by atoms with van der Waals surface area (Å²) in [5, 5.41) is 11.1. The molecule has 0 radical (unpaired) electrons. The third-order valence-electron chi connectivity index (χ3n) is 4.53. The lowest BCUT2D eigenvalue weighted by Gasteiger charge is -2.23. The molecule has 0 aliphatic carbocycles. The van der Waals surface area contributed by atoms with Gasteiger partial charge in [0.2, 0.25) is 0 Å². The Kier molecular flexibility index (Phi) is 5.53. The Morgan fingerprint density at radius 1 is 1.21 bits per heavy atom. The van der Waals surface area contributed by atoms with Crippen LogP contribution in [0.5, 0.6) is 5.75 Å². The molecule has 0 unspecified atom stereocenters. The fraction of sp³-hybridized carbons (Fsp3) is 0.526. The predicted octanol–water partition coefficient (Wildman–Crippen LogP) is 2.72. The second-order valence-corrected chi connectivity index (χ2v) is 6.59. The molecule has 1 aromatic carbocycles. The largest absolute Gasteiger partial charge is 0.491 e. The summed E-state index contributed by atoms with van der Waals surface area (Å²) >= 11 is 0. The van der Waals surface area contributed by atoms with Crippen molar-refractivity contribution in [3.05, 3.63) is 40.2 Å². The number of aliphatic hydroxyl groups is 1. The number of fused-ring (bicyclic) bond motifs is 1. The number of aliphatic hydroxyl groups excluding tert-OH is 1. The van der Waals surface area contributed by atoms with Gasteiger partial charge < -0.3 is 19.2 Å². The fourth-order valence-corrected chi connectivity index (χ4v) is 3.26. The van der Waals surface area contributed by atoms with E-state index in [1.807, 2.05) is 19.1 Å². The summed E-state index contributed by atoms with van der Waals surface area (Å²) in [5.74, 6) is 0.603. The van der Waals surface area contributed by atoms with Crippen molar-refractivity contribution in [1.29, 1.82) is 0 Å². The minimum Gasteiger partial charge on any atom is -0.491 e.